The van der Waals surface area contributed by atoms with Gasteiger partial charge in [0.15, 0.2) is 0 Å². The van der Waals surface area contributed by atoms with Crippen LogP contribution in [0.25, 0.3) is 17.1 Å². The summed E-state index contributed by atoms with van der Waals surface area (Å²) < 4.78 is 34.2. The fraction of sp³-hybridized carbons (Fsp3) is 0.217. The number of halogens is 2. The number of nitrogens with one attached hydrogen (secondary N) is 1. The number of rotatable bonds is 4. The molecule has 0 saturated heterocycles. The van der Waals surface area contributed by atoms with Crippen LogP contribution >= 0.6 is 0 Å². The van der Waals surface area contributed by atoms with Crippen molar-refractivity contribution in [3.05, 3.63) is 83.2 Å². The number of hydrogen-bond acceptors (Lipinski definition) is 7. The van der Waals surface area contributed by atoms with Crippen molar-refractivity contribution in [2.45, 2.75) is 25.8 Å². The summed E-state index contributed by atoms with van der Waals surface area (Å²) in [5, 5.41) is 12.4. The number of hydrogen-bond donors (Lipinski definition) is 1. The summed E-state index contributed by atoms with van der Waals surface area (Å²) in [4.78, 5) is 26.9. The van der Waals surface area contributed by atoms with Crippen molar-refractivity contribution in [1.29, 1.82) is 0 Å². The van der Waals surface area contributed by atoms with Gasteiger partial charge in [-0.15, -0.1) is 10.2 Å². The Morgan fingerprint density at radius 1 is 1.23 bits per heavy atom. The van der Waals surface area contributed by atoms with E-state index in [2.05, 4.69) is 30.2 Å². The number of fused-ring (bicyclic) bond motifs is 2. The van der Waals surface area contributed by atoms with E-state index in [9.17, 15) is 13.6 Å². The van der Waals surface area contributed by atoms with Gasteiger partial charge >= 0.3 is 11.8 Å². The van der Waals surface area contributed by atoms with Crippen molar-refractivity contribution >= 4 is 11.4 Å². The molecule has 0 aromatic carbocycles. The molecule has 6 heterocycles. The number of imidazole rings is 1. The van der Waals surface area contributed by atoms with Gasteiger partial charge in [0.1, 0.15) is 11.7 Å². The Labute approximate surface area is 196 Å². The minimum atomic E-state index is -2.67. The lowest BCUT2D eigenvalue weighted by Gasteiger charge is -2.32. The summed E-state index contributed by atoms with van der Waals surface area (Å²) in [6, 6.07) is 9.05. The first-order valence-corrected chi connectivity index (χ1v) is 10.9. The molecule has 1 aliphatic heterocycles. The van der Waals surface area contributed by atoms with E-state index in [1.54, 1.807) is 30.7 Å². The summed E-state index contributed by atoms with van der Waals surface area (Å²) in [5.41, 5.74) is 3.19. The highest BCUT2D eigenvalue weighted by Crippen LogP contribution is 2.35. The summed E-state index contributed by atoms with van der Waals surface area (Å²) >= 11 is 0. The lowest BCUT2D eigenvalue weighted by atomic mass is 9.99. The first kappa shape index (κ1) is 21.1. The topological polar surface area (TPSA) is 118 Å². The van der Waals surface area contributed by atoms with Crippen LogP contribution < -0.4 is 0 Å². The van der Waals surface area contributed by atoms with Crippen LogP contribution in [-0.2, 0) is 6.42 Å². The van der Waals surface area contributed by atoms with Crippen molar-refractivity contribution in [2.24, 2.45) is 0 Å². The first-order chi connectivity index (χ1) is 17.0. The van der Waals surface area contributed by atoms with Gasteiger partial charge < -0.3 is 14.3 Å². The third-order valence-electron chi connectivity index (χ3n) is 5.97. The van der Waals surface area contributed by atoms with Gasteiger partial charge in [-0.2, -0.15) is 5.10 Å². The van der Waals surface area contributed by atoms with Crippen molar-refractivity contribution in [1.82, 2.24) is 39.7 Å². The normalized spacial score (nSPS) is 15.7. The molecular formula is C23H18F2N8O2. The predicted molar refractivity (Wildman–Crippen MR) is 118 cm³/mol. The van der Waals surface area contributed by atoms with E-state index in [0.29, 0.717) is 30.0 Å². The molecular weight excluding hydrogens is 458 g/mol. The van der Waals surface area contributed by atoms with Crippen LogP contribution in [-0.4, -0.2) is 52.1 Å². The highest BCUT2D eigenvalue weighted by molar-refractivity contribution is 5.90. The average Bonchev–Trinajstić information content (AvgIpc) is 3.61. The average molecular weight is 476 g/mol. The van der Waals surface area contributed by atoms with Gasteiger partial charge in [-0.25, -0.2) is 23.3 Å². The Balaban J connectivity index is 1.41. The van der Waals surface area contributed by atoms with Gasteiger partial charge in [0, 0.05) is 36.1 Å². The molecule has 0 radical (unpaired) electrons. The summed E-state index contributed by atoms with van der Waals surface area (Å²) in [6.45, 7) is 2.15. The van der Waals surface area contributed by atoms with Gasteiger partial charge in [0.2, 0.25) is 0 Å². The van der Waals surface area contributed by atoms with Crippen LogP contribution in [0.5, 0.6) is 0 Å². The molecule has 6 rings (SSSR count). The molecule has 1 aliphatic rings. The molecule has 10 nitrogen and oxygen atoms in total. The molecule has 5 aromatic heterocycles. The lowest BCUT2D eigenvalue weighted by Crippen LogP contribution is -2.41. The number of aromatic amines is 1. The fourth-order valence-corrected chi connectivity index (χ4v) is 4.37. The van der Waals surface area contributed by atoms with Gasteiger partial charge in [-0.05, 0) is 37.3 Å². The maximum Gasteiger partial charge on any atom is 0.312 e. The zero-order valence-electron chi connectivity index (χ0n) is 18.4. The number of carbonyl (C=O) groups is 1. The molecule has 1 amide bonds. The zero-order chi connectivity index (χ0) is 24.1. The second-order valence-electron chi connectivity index (χ2n) is 8.16. The number of aromatic nitrogens is 7. The van der Waals surface area contributed by atoms with E-state index in [1.165, 1.54) is 21.5 Å². The van der Waals surface area contributed by atoms with E-state index in [0.717, 1.165) is 11.4 Å². The van der Waals surface area contributed by atoms with E-state index in [4.69, 9.17) is 4.42 Å². The van der Waals surface area contributed by atoms with Crippen LogP contribution in [0.1, 0.15) is 51.5 Å². The highest BCUT2D eigenvalue weighted by atomic mass is 19.3. The lowest BCUT2D eigenvalue weighted by molar-refractivity contribution is 0.0646. The minimum absolute atomic E-state index is 0.125. The maximum atomic E-state index is 13.6. The van der Waals surface area contributed by atoms with Gasteiger partial charge in [-0.1, -0.05) is 6.07 Å². The Kier molecular flexibility index (Phi) is 4.87. The molecule has 1 N–H and O–H groups in total. The van der Waals surface area contributed by atoms with Crippen molar-refractivity contribution in [3.8, 4) is 11.6 Å². The van der Waals surface area contributed by atoms with Crippen molar-refractivity contribution in [2.75, 3.05) is 6.54 Å². The van der Waals surface area contributed by atoms with Crippen LogP contribution in [0.3, 0.4) is 0 Å². The second-order valence-corrected chi connectivity index (χ2v) is 8.16. The number of aryl methyl sites for hydroxylation is 1. The Hall–Kier alpha value is -4.48. The van der Waals surface area contributed by atoms with E-state index in [1.807, 2.05) is 13.0 Å². The van der Waals surface area contributed by atoms with Crippen LogP contribution in [0.4, 0.5) is 8.78 Å². The zero-order valence-corrected chi connectivity index (χ0v) is 18.4. The van der Waals surface area contributed by atoms with Gasteiger partial charge in [0.05, 0.1) is 23.2 Å². The van der Waals surface area contributed by atoms with Crippen LogP contribution in [0, 0.1) is 6.92 Å². The maximum absolute atomic E-state index is 13.6. The largest absolute Gasteiger partial charge is 0.411 e. The molecule has 35 heavy (non-hydrogen) atoms. The Bertz CT molecular complexity index is 1560. The quantitative estimate of drug-likeness (QED) is 0.422. The van der Waals surface area contributed by atoms with Gasteiger partial charge in [0.25, 0.3) is 12.3 Å². The van der Waals surface area contributed by atoms with Crippen LogP contribution in [0.2, 0.25) is 0 Å². The molecule has 0 bridgehead atoms. The third kappa shape index (κ3) is 3.54. The van der Waals surface area contributed by atoms with Gasteiger partial charge in [-0.3, -0.25) is 4.79 Å². The third-order valence-corrected chi connectivity index (χ3v) is 5.97. The second kappa shape index (κ2) is 8.08. The number of nitrogens with zero attached hydrogens (tertiary/aromatic N) is 7. The van der Waals surface area contributed by atoms with E-state index in [-0.39, 0.29) is 22.9 Å². The number of pyridine rings is 2. The molecule has 0 fully saturated rings. The number of amides is 1. The molecule has 5 aromatic rings. The number of alkyl halides is 2. The summed E-state index contributed by atoms with van der Waals surface area (Å²) in [5.74, 6) is -0.592. The highest BCUT2D eigenvalue weighted by Gasteiger charge is 2.38. The molecule has 12 heteroatoms. The summed E-state index contributed by atoms with van der Waals surface area (Å²) in [6.07, 6.45) is 0.985. The number of H-pyrrole nitrogens is 1. The molecule has 0 aliphatic carbocycles. The summed E-state index contributed by atoms with van der Waals surface area (Å²) in [7, 11) is 0. The predicted octanol–water partition coefficient (Wildman–Crippen LogP) is 3.54. The molecule has 176 valence electrons. The standard InChI is InChI=1S/C23H18F2N8O2/c1-12-4-2-6-15(28-12)21-29-30-22(35-21)23(34)32-9-7-14-18(27-11-26-14)19(32)16-10-17-13(20(24)25)5-3-8-33(17)31-16/h2-6,8,10-11,19-20H,7,9H2,1H3,(H,26,27)/t19-/m0/s1. The molecule has 0 saturated carbocycles. The van der Waals surface area contributed by atoms with Crippen molar-refractivity contribution < 1.29 is 18.0 Å². The van der Waals surface area contributed by atoms with E-state index < -0.39 is 18.4 Å². The SMILES string of the molecule is Cc1cccc(-c2nnc(C(=O)N3CCc4[nH]cnc4[C@@H]3c3cc4c(C(F)F)cccn4n3)o2)n1. The number of carbonyl (C=O) groups excluding carboxylic acids is 1. The van der Waals surface area contributed by atoms with E-state index >= 15 is 0 Å². The Morgan fingerprint density at radius 2 is 2.11 bits per heavy atom. The molecule has 0 spiro atoms. The molecule has 0 unspecified atom stereocenters. The monoisotopic (exact) mass is 476 g/mol. The first-order valence-electron chi connectivity index (χ1n) is 10.9. The fourth-order valence-electron chi connectivity index (χ4n) is 4.37. The van der Waals surface area contributed by atoms with Crippen molar-refractivity contribution in [3.63, 3.8) is 0 Å². The molecule has 1 atom stereocenters. The van der Waals surface area contributed by atoms with Crippen LogP contribution in [0.15, 0.2) is 53.3 Å². The minimum Gasteiger partial charge on any atom is -0.411 e. The smallest absolute Gasteiger partial charge is 0.312 e. The Morgan fingerprint density at radius 3 is 2.94 bits per heavy atom.